The summed E-state index contributed by atoms with van der Waals surface area (Å²) in [6, 6.07) is 0.789. The standard InChI is InChI=1S/C14H21N3/c1-4-5-10-17-12(3)14(11(2)16-17)8-9-15-13-6-7-13/h13,15H,6-10H2,1-3H3. The molecule has 0 aliphatic heterocycles. The fourth-order valence-corrected chi connectivity index (χ4v) is 2.09. The summed E-state index contributed by atoms with van der Waals surface area (Å²) in [5.74, 6) is 5.98. The second-order valence-corrected chi connectivity index (χ2v) is 4.71. The molecule has 0 radical (unpaired) electrons. The summed E-state index contributed by atoms with van der Waals surface area (Å²) in [5.41, 5.74) is 3.80. The zero-order valence-electron chi connectivity index (χ0n) is 11.0. The van der Waals surface area contributed by atoms with Crippen molar-refractivity contribution < 1.29 is 0 Å². The van der Waals surface area contributed by atoms with Crippen molar-refractivity contribution in [3.8, 4) is 11.8 Å². The zero-order valence-corrected chi connectivity index (χ0v) is 11.0. The highest BCUT2D eigenvalue weighted by Gasteiger charge is 2.20. The van der Waals surface area contributed by atoms with Gasteiger partial charge in [0.2, 0.25) is 0 Å². The molecule has 3 heteroatoms. The summed E-state index contributed by atoms with van der Waals surface area (Å²) in [4.78, 5) is 0. The first-order valence-corrected chi connectivity index (χ1v) is 6.38. The molecule has 0 amide bonds. The summed E-state index contributed by atoms with van der Waals surface area (Å²) in [6.07, 6.45) is 3.78. The Labute approximate surface area is 104 Å². The van der Waals surface area contributed by atoms with Crippen LogP contribution in [0, 0.1) is 25.7 Å². The minimum atomic E-state index is 0.708. The molecule has 0 aromatic carbocycles. The molecule has 0 bridgehead atoms. The van der Waals surface area contributed by atoms with Crippen molar-refractivity contribution in [2.24, 2.45) is 0 Å². The summed E-state index contributed by atoms with van der Waals surface area (Å²) >= 11 is 0. The maximum absolute atomic E-state index is 4.55. The highest BCUT2D eigenvalue weighted by molar-refractivity contribution is 5.25. The molecule has 1 aliphatic carbocycles. The fraction of sp³-hybridized carbons (Fsp3) is 0.643. The molecule has 0 saturated heterocycles. The first-order chi connectivity index (χ1) is 8.22. The molecule has 1 aliphatic rings. The molecule has 3 nitrogen and oxygen atoms in total. The third kappa shape index (κ3) is 3.10. The SMILES string of the molecule is CC#CCn1nc(C)c(CCNC2CC2)c1C. The highest BCUT2D eigenvalue weighted by atomic mass is 15.3. The van der Waals surface area contributed by atoms with E-state index in [0.29, 0.717) is 6.54 Å². The van der Waals surface area contributed by atoms with Crippen LogP contribution in [0.1, 0.15) is 36.7 Å². The van der Waals surface area contributed by atoms with Crippen LogP contribution in [0.3, 0.4) is 0 Å². The van der Waals surface area contributed by atoms with E-state index in [1.54, 1.807) is 0 Å². The Morgan fingerprint density at radius 3 is 2.82 bits per heavy atom. The average molecular weight is 231 g/mol. The molecule has 1 aromatic rings. The molecular formula is C14H21N3. The molecule has 17 heavy (non-hydrogen) atoms. The van der Waals surface area contributed by atoms with E-state index >= 15 is 0 Å². The van der Waals surface area contributed by atoms with Crippen LogP contribution in [0.25, 0.3) is 0 Å². The Bertz CT molecular complexity index is 444. The van der Waals surface area contributed by atoms with Crippen molar-refractivity contribution >= 4 is 0 Å². The Balaban J connectivity index is 1.98. The minimum absolute atomic E-state index is 0.708. The van der Waals surface area contributed by atoms with Gasteiger partial charge in [-0.05, 0) is 52.1 Å². The van der Waals surface area contributed by atoms with Gasteiger partial charge in [-0.25, -0.2) is 0 Å². The lowest BCUT2D eigenvalue weighted by Gasteiger charge is -2.04. The third-order valence-corrected chi connectivity index (χ3v) is 3.32. The van der Waals surface area contributed by atoms with Gasteiger partial charge in [0, 0.05) is 11.7 Å². The quantitative estimate of drug-likeness (QED) is 0.783. The molecule has 0 spiro atoms. The van der Waals surface area contributed by atoms with Gasteiger partial charge in [-0.2, -0.15) is 5.10 Å². The predicted octanol–water partition coefficient (Wildman–Crippen LogP) is 1.82. The van der Waals surface area contributed by atoms with Gasteiger partial charge in [-0.15, -0.1) is 5.92 Å². The van der Waals surface area contributed by atoms with Crippen molar-refractivity contribution in [2.45, 2.75) is 52.6 Å². The molecule has 0 atom stereocenters. The molecule has 1 N–H and O–H groups in total. The van der Waals surface area contributed by atoms with Crippen LogP contribution in [0.4, 0.5) is 0 Å². The fourth-order valence-electron chi connectivity index (χ4n) is 2.09. The Hall–Kier alpha value is -1.27. The van der Waals surface area contributed by atoms with Gasteiger partial charge in [0.15, 0.2) is 0 Å². The molecular weight excluding hydrogens is 210 g/mol. The average Bonchev–Trinajstić information content (AvgIpc) is 3.08. The summed E-state index contributed by atoms with van der Waals surface area (Å²) in [6.45, 7) is 7.88. The number of hydrogen-bond acceptors (Lipinski definition) is 2. The van der Waals surface area contributed by atoms with Crippen molar-refractivity contribution in [1.82, 2.24) is 15.1 Å². The van der Waals surface area contributed by atoms with Crippen LogP contribution in [-0.2, 0) is 13.0 Å². The van der Waals surface area contributed by atoms with E-state index in [4.69, 9.17) is 0 Å². The lowest BCUT2D eigenvalue weighted by atomic mass is 10.1. The van der Waals surface area contributed by atoms with Gasteiger partial charge < -0.3 is 5.32 Å². The van der Waals surface area contributed by atoms with Crippen LogP contribution in [0.15, 0.2) is 0 Å². The number of nitrogens with zero attached hydrogens (tertiary/aromatic N) is 2. The number of nitrogens with one attached hydrogen (secondary N) is 1. The summed E-state index contributed by atoms with van der Waals surface area (Å²) in [7, 11) is 0. The van der Waals surface area contributed by atoms with E-state index in [2.05, 4.69) is 36.1 Å². The van der Waals surface area contributed by atoms with E-state index in [-0.39, 0.29) is 0 Å². The van der Waals surface area contributed by atoms with Crippen LogP contribution < -0.4 is 5.32 Å². The topological polar surface area (TPSA) is 29.9 Å². The Morgan fingerprint density at radius 2 is 2.18 bits per heavy atom. The number of aryl methyl sites for hydroxylation is 1. The van der Waals surface area contributed by atoms with Gasteiger partial charge in [-0.1, -0.05) is 5.92 Å². The number of aromatic nitrogens is 2. The third-order valence-electron chi connectivity index (χ3n) is 3.32. The second-order valence-electron chi connectivity index (χ2n) is 4.71. The van der Waals surface area contributed by atoms with Crippen molar-refractivity contribution in [1.29, 1.82) is 0 Å². The first-order valence-electron chi connectivity index (χ1n) is 6.38. The van der Waals surface area contributed by atoms with Crippen molar-refractivity contribution in [3.63, 3.8) is 0 Å². The molecule has 92 valence electrons. The Morgan fingerprint density at radius 1 is 1.41 bits per heavy atom. The van der Waals surface area contributed by atoms with Gasteiger partial charge >= 0.3 is 0 Å². The second kappa shape index (κ2) is 5.37. The highest BCUT2D eigenvalue weighted by Crippen LogP contribution is 2.19. The van der Waals surface area contributed by atoms with Gasteiger partial charge in [0.05, 0.1) is 5.69 Å². The van der Waals surface area contributed by atoms with Gasteiger partial charge in [0.25, 0.3) is 0 Å². The van der Waals surface area contributed by atoms with E-state index in [1.807, 2.05) is 11.6 Å². The van der Waals surface area contributed by atoms with Crippen molar-refractivity contribution in [3.05, 3.63) is 17.0 Å². The van der Waals surface area contributed by atoms with E-state index in [9.17, 15) is 0 Å². The van der Waals surface area contributed by atoms with Crippen LogP contribution in [-0.4, -0.2) is 22.4 Å². The van der Waals surface area contributed by atoms with Crippen LogP contribution >= 0.6 is 0 Å². The molecule has 1 saturated carbocycles. The van der Waals surface area contributed by atoms with Crippen LogP contribution in [0.2, 0.25) is 0 Å². The minimum Gasteiger partial charge on any atom is -0.314 e. The normalized spacial score (nSPS) is 14.5. The summed E-state index contributed by atoms with van der Waals surface area (Å²) in [5, 5.41) is 8.09. The molecule has 2 rings (SSSR count). The lowest BCUT2D eigenvalue weighted by molar-refractivity contribution is 0.671. The van der Waals surface area contributed by atoms with Gasteiger partial charge in [0.1, 0.15) is 6.54 Å². The van der Waals surface area contributed by atoms with E-state index in [1.165, 1.54) is 24.1 Å². The van der Waals surface area contributed by atoms with Crippen LogP contribution in [0.5, 0.6) is 0 Å². The van der Waals surface area contributed by atoms with Crippen molar-refractivity contribution in [2.75, 3.05) is 6.54 Å². The molecule has 1 heterocycles. The maximum Gasteiger partial charge on any atom is 0.102 e. The number of hydrogen-bond donors (Lipinski definition) is 1. The predicted molar refractivity (Wildman–Crippen MR) is 69.9 cm³/mol. The molecule has 1 fully saturated rings. The van der Waals surface area contributed by atoms with E-state index in [0.717, 1.165) is 24.7 Å². The molecule has 0 unspecified atom stereocenters. The van der Waals surface area contributed by atoms with E-state index < -0.39 is 0 Å². The lowest BCUT2D eigenvalue weighted by Crippen LogP contribution is -2.19. The Kier molecular flexibility index (Phi) is 3.86. The molecule has 1 aromatic heterocycles. The largest absolute Gasteiger partial charge is 0.314 e. The number of rotatable bonds is 5. The smallest absolute Gasteiger partial charge is 0.102 e. The maximum atomic E-state index is 4.55. The zero-order chi connectivity index (χ0) is 12.3. The van der Waals surface area contributed by atoms with Gasteiger partial charge in [-0.3, -0.25) is 4.68 Å². The summed E-state index contributed by atoms with van der Waals surface area (Å²) < 4.78 is 2.01. The first kappa shape index (κ1) is 12.2. The monoisotopic (exact) mass is 231 g/mol.